The lowest BCUT2D eigenvalue weighted by molar-refractivity contribution is -0.137. The maximum absolute atomic E-state index is 14.4. The van der Waals surface area contributed by atoms with Gasteiger partial charge in [0, 0.05) is 30.3 Å². The number of carbonyl (C=O) groups excluding carboxylic acids is 2. The Balaban J connectivity index is 1.66. The number of benzene rings is 3. The van der Waals surface area contributed by atoms with Crippen LogP contribution in [0.4, 0.5) is 11.4 Å². The van der Waals surface area contributed by atoms with Crippen molar-refractivity contribution >= 4 is 50.8 Å². The van der Waals surface area contributed by atoms with E-state index in [9.17, 15) is 22.8 Å². The number of para-hydroxylation sites is 1. The van der Waals surface area contributed by atoms with Crippen molar-refractivity contribution < 1.29 is 32.6 Å². The number of aliphatic carboxylic acids is 1. The second-order valence-electron chi connectivity index (χ2n) is 12.5. The molecule has 1 heterocycles. The van der Waals surface area contributed by atoms with Crippen LogP contribution in [0.15, 0.2) is 82.6 Å². The minimum atomic E-state index is -3.78. The van der Waals surface area contributed by atoms with Gasteiger partial charge in [0.15, 0.2) is 16.4 Å². The Labute approximate surface area is 293 Å². The molecular formula is C37H47N3O7S2. The quantitative estimate of drug-likeness (QED) is 0.133. The highest BCUT2D eigenvalue weighted by Gasteiger charge is 2.42. The van der Waals surface area contributed by atoms with Gasteiger partial charge in [0.05, 0.1) is 27.7 Å². The third kappa shape index (κ3) is 10.0. The van der Waals surface area contributed by atoms with Crippen LogP contribution in [0.25, 0.3) is 0 Å². The van der Waals surface area contributed by atoms with Crippen LogP contribution in [0.3, 0.4) is 0 Å². The summed E-state index contributed by atoms with van der Waals surface area (Å²) in [4.78, 5) is 40.1. The molecule has 0 fully saturated rings. The Morgan fingerprint density at radius 2 is 1.61 bits per heavy atom. The van der Waals surface area contributed by atoms with Crippen molar-refractivity contribution in [3.05, 3.63) is 78.4 Å². The number of thioether (sulfide) groups is 1. The largest absolute Gasteiger partial charge is 0.483 e. The zero-order valence-electron chi connectivity index (χ0n) is 28.4. The number of carbonyl (C=O) groups is 3. The summed E-state index contributed by atoms with van der Waals surface area (Å²) >= 11 is 1.39. The van der Waals surface area contributed by atoms with Gasteiger partial charge in [-0.1, -0.05) is 88.1 Å². The van der Waals surface area contributed by atoms with Crippen molar-refractivity contribution in [3.63, 3.8) is 0 Å². The van der Waals surface area contributed by atoms with Crippen molar-refractivity contribution in [2.24, 2.45) is 5.41 Å². The first-order valence-electron chi connectivity index (χ1n) is 16.8. The van der Waals surface area contributed by atoms with Gasteiger partial charge in [-0.3, -0.25) is 14.4 Å². The fourth-order valence-corrected chi connectivity index (χ4v) is 8.93. The Morgan fingerprint density at radius 3 is 2.20 bits per heavy atom. The van der Waals surface area contributed by atoms with Crippen LogP contribution in [0, 0.1) is 5.41 Å². The lowest BCUT2D eigenvalue weighted by Crippen LogP contribution is -2.42. The second-order valence-corrected chi connectivity index (χ2v) is 15.3. The van der Waals surface area contributed by atoms with Gasteiger partial charge in [-0.15, -0.1) is 11.8 Å². The van der Waals surface area contributed by atoms with Crippen molar-refractivity contribution in [3.8, 4) is 5.75 Å². The van der Waals surface area contributed by atoms with E-state index in [-0.39, 0.29) is 29.4 Å². The SMILES string of the molecule is CCCCC1(CCCC)CN(c2ccccc2)c2cc(SC)c(OCC(=O)N[C@@H](C(=O)NCCC(=O)O)c3ccccc3)cc2S(=O)(=O)C1. The Bertz CT molecular complexity index is 1680. The number of hydrogen-bond donors (Lipinski definition) is 3. The van der Waals surface area contributed by atoms with E-state index in [0.717, 1.165) is 44.2 Å². The van der Waals surface area contributed by atoms with E-state index < -0.39 is 45.7 Å². The number of amides is 2. The molecule has 10 nitrogen and oxygen atoms in total. The summed E-state index contributed by atoms with van der Waals surface area (Å²) in [5.74, 6) is -1.94. The van der Waals surface area contributed by atoms with Crippen molar-refractivity contribution in [2.75, 3.05) is 36.6 Å². The molecule has 3 aromatic carbocycles. The van der Waals surface area contributed by atoms with E-state index in [1.807, 2.05) is 42.7 Å². The number of hydrogen-bond acceptors (Lipinski definition) is 8. The topological polar surface area (TPSA) is 142 Å². The number of sulfone groups is 1. The number of anilines is 2. The monoisotopic (exact) mass is 709 g/mol. The molecule has 49 heavy (non-hydrogen) atoms. The fraction of sp³-hybridized carbons (Fsp3) is 0.432. The standard InChI is InChI=1S/C37H47N3O7S2/c1-4-6-19-37(20-7-5-2)25-40(28-16-12-9-13-17-28)29-22-31(48-3)30(23-32(29)49(45,46)26-37)47-24-33(41)39-35(27-14-10-8-11-15-27)36(44)38-21-18-34(42)43/h8-17,22-23,35H,4-7,18-21,24-26H2,1-3H3,(H,38,44)(H,39,41)(H,42,43)/t35-/m1/s1. The van der Waals surface area contributed by atoms with Gasteiger partial charge in [0.1, 0.15) is 11.8 Å². The minimum Gasteiger partial charge on any atom is -0.483 e. The van der Waals surface area contributed by atoms with E-state index in [1.54, 1.807) is 36.4 Å². The van der Waals surface area contributed by atoms with E-state index >= 15 is 0 Å². The normalized spacial score (nSPS) is 15.4. The molecule has 0 spiro atoms. The van der Waals surface area contributed by atoms with Crippen LogP contribution in [0.2, 0.25) is 0 Å². The third-order valence-electron chi connectivity index (χ3n) is 8.75. The maximum atomic E-state index is 14.4. The van der Waals surface area contributed by atoms with Crippen LogP contribution >= 0.6 is 11.8 Å². The summed E-state index contributed by atoms with van der Waals surface area (Å²) in [5, 5.41) is 14.2. The van der Waals surface area contributed by atoms with Gasteiger partial charge in [0.25, 0.3) is 5.91 Å². The van der Waals surface area contributed by atoms with E-state index in [2.05, 4.69) is 29.4 Å². The van der Waals surface area contributed by atoms with Crippen LogP contribution in [-0.4, -0.2) is 63.0 Å². The van der Waals surface area contributed by atoms with Gasteiger partial charge in [-0.2, -0.15) is 0 Å². The molecule has 0 saturated heterocycles. The number of nitrogens with one attached hydrogen (secondary N) is 2. The van der Waals surface area contributed by atoms with Crippen LogP contribution in [-0.2, 0) is 24.2 Å². The molecule has 0 saturated carbocycles. The smallest absolute Gasteiger partial charge is 0.305 e. The molecule has 3 N–H and O–H groups in total. The first kappa shape index (κ1) is 37.8. The molecule has 0 bridgehead atoms. The highest BCUT2D eigenvalue weighted by Crippen LogP contribution is 2.47. The van der Waals surface area contributed by atoms with Gasteiger partial charge in [0.2, 0.25) is 5.91 Å². The van der Waals surface area contributed by atoms with Gasteiger partial charge in [-0.05, 0) is 42.9 Å². The van der Waals surface area contributed by atoms with Crippen LogP contribution < -0.4 is 20.3 Å². The van der Waals surface area contributed by atoms with Gasteiger partial charge >= 0.3 is 5.97 Å². The zero-order chi connectivity index (χ0) is 35.4. The molecule has 3 aromatic rings. The maximum Gasteiger partial charge on any atom is 0.305 e. The first-order chi connectivity index (χ1) is 23.5. The molecular weight excluding hydrogens is 663 g/mol. The Morgan fingerprint density at radius 1 is 0.980 bits per heavy atom. The average molecular weight is 710 g/mol. The fourth-order valence-electron chi connectivity index (χ4n) is 6.27. The number of nitrogens with zero attached hydrogens (tertiary/aromatic N) is 1. The predicted octanol–water partition coefficient (Wildman–Crippen LogP) is 6.53. The summed E-state index contributed by atoms with van der Waals surface area (Å²) in [6.07, 6.45) is 7.00. The number of carboxylic acid groups (broad SMARTS) is 1. The molecule has 1 atom stereocenters. The zero-order valence-corrected chi connectivity index (χ0v) is 30.1. The van der Waals surface area contributed by atoms with Crippen molar-refractivity contribution in [2.45, 2.75) is 74.6 Å². The van der Waals surface area contributed by atoms with E-state index in [1.165, 1.54) is 11.8 Å². The highest BCUT2D eigenvalue weighted by molar-refractivity contribution is 7.98. The molecule has 0 unspecified atom stereocenters. The summed E-state index contributed by atoms with van der Waals surface area (Å²) in [6.45, 7) is 4.25. The number of rotatable bonds is 17. The van der Waals surface area contributed by atoms with Gasteiger partial charge < -0.3 is 25.4 Å². The third-order valence-corrected chi connectivity index (χ3v) is 11.5. The van der Waals surface area contributed by atoms with Crippen LogP contribution in [0.5, 0.6) is 5.75 Å². The average Bonchev–Trinajstić information content (AvgIpc) is 3.19. The van der Waals surface area contributed by atoms with Gasteiger partial charge in [-0.25, -0.2) is 8.42 Å². The molecule has 4 rings (SSSR count). The predicted molar refractivity (Wildman–Crippen MR) is 193 cm³/mol. The summed E-state index contributed by atoms with van der Waals surface area (Å²) in [7, 11) is -3.78. The molecule has 0 radical (unpaired) electrons. The van der Waals surface area contributed by atoms with E-state index in [4.69, 9.17) is 9.84 Å². The second kappa shape index (κ2) is 17.6. The molecule has 12 heteroatoms. The molecule has 1 aliphatic rings. The minimum absolute atomic E-state index is 0.0185. The summed E-state index contributed by atoms with van der Waals surface area (Å²) in [6, 6.07) is 20.8. The molecule has 2 amide bonds. The van der Waals surface area contributed by atoms with Crippen molar-refractivity contribution in [1.82, 2.24) is 10.6 Å². The number of unbranched alkanes of at least 4 members (excludes halogenated alkanes) is 2. The van der Waals surface area contributed by atoms with E-state index in [0.29, 0.717) is 22.7 Å². The lowest BCUT2D eigenvalue weighted by atomic mass is 9.79. The molecule has 0 aliphatic carbocycles. The Kier molecular flexibility index (Phi) is 13.6. The molecule has 1 aliphatic heterocycles. The summed E-state index contributed by atoms with van der Waals surface area (Å²) < 4.78 is 34.7. The molecule has 264 valence electrons. The lowest BCUT2D eigenvalue weighted by Gasteiger charge is -2.37. The number of ether oxygens (including phenoxy) is 1. The van der Waals surface area contributed by atoms with Crippen LogP contribution in [0.1, 0.15) is 70.4 Å². The van der Waals surface area contributed by atoms with Crippen molar-refractivity contribution in [1.29, 1.82) is 0 Å². The first-order valence-corrected chi connectivity index (χ1v) is 19.6. The summed E-state index contributed by atoms with van der Waals surface area (Å²) in [5.41, 5.74) is 1.56. The highest BCUT2D eigenvalue weighted by atomic mass is 32.2. The number of fused-ring (bicyclic) bond motifs is 1. The Hall–Kier alpha value is -4.03. The molecule has 0 aromatic heterocycles. The number of carboxylic acids is 1.